The van der Waals surface area contributed by atoms with Gasteiger partial charge in [-0.2, -0.15) is 5.10 Å². The zero-order valence-electron chi connectivity index (χ0n) is 13.6. The van der Waals surface area contributed by atoms with Crippen molar-refractivity contribution in [2.45, 2.75) is 20.4 Å². The first kappa shape index (κ1) is 16.7. The lowest BCUT2D eigenvalue weighted by atomic mass is 10.3. The van der Waals surface area contributed by atoms with Gasteiger partial charge in [-0.05, 0) is 19.9 Å². The number of nitrogens with zero attached hydrogens (tertiary/aromatic N) is 4. The van der Waals surface area contributed by atoms with Crippen molar-refractivity contribution in [3.8, 4) is 10.6 Å². The SMILES string of the molecule is COCCn1ccc(C(=O)Nc2nc(-c3sc(C)nc3C)cs2)n1. The molecule has 0 saturated heterocycles. The van der Waals surface area contributed by atoms with E-state index >= 15 is 0 Å². The fourth-order valence-electron chi connectivity index (χ4n) is 2.16. The van der Waals surface area contributed by atoms with Crippen LogP contribution in [0.2, 0.25) is 0 Å². The van der Waals surface area contributed by atoms with E-state index in [1.165, 1.54) is 11.3 Å². The number of ether oxygens (including phenoxy) is 1. The number of nitrogens with one attached hydrogen (secondary N) is 1. The number of rotatable bonds is 6. The summed E-state index contributed by atoms with van der Waals surface area (Å²) in [4.78, 5) is 22.2. The summed E-state index contributed by atoms with van der Waals surface area (Å²) in [5.41, 5.74) is 2.15. The van der Waals surface area contributed by atoms with E-state index in [1.807, 2.05) is 19.2 Å². The highest BCUT2D eigenvalue weighted by Gasteiger charge is 2.15. The van der Waals surface area contributed by atoms with E-state index in [4.69, 9.17) is 4.74 Å². The van der Waals surface area contributed by atoms with Gasteiger partial charge in [0, 0.05) is 18.7 Å². The molecule has 3 aromatic heterocycles. The molecule has 126 valence electrons. The molecule has 0 fully saturated rings. The Morgan fingerprint density at radius 3 is 2.92 bits per heavy atom. The van der Waals surface area contributed by atoms with E-state index in [0.29, 0.717) is 24.0 Å². The normalized spacial score (nSPS) is 11.0. The van der Waals surface area contributed by atoms with Crippen LogP contribution in [0.1, 0.15) is 21.2 Å². The van der Waals surface area contributed by atoms with E-state index in [1.54, 1.807) is 35.4 Å². The number of thiazole rings is 2. The Morgan fingerprint density at radius 1 is 1.38 bits per heavy atom. The molecule has 0 radical (unpaired) electrons. The second-order valence-electron chi connectivity index (χ2n) is 5.10. The van der Waals surface area contributed by atoms with Crippen LogP contribution < -0.4 is 5.32 Å². The van der Waals surface area contributed by atoms with Crippen LogP contribution in [0.5, 0.6) is 0 Å². The first-order chi connectivity index (χ1) is 11.6. The van der Waals surface area contributed by atoms with E-state index in [0.717, 1.165) is 21.3 Å². The summed E-state index contributed by atoms with van der Waals surface area (Å²) in [6.45, 7) is 5.08. The maximum absolute atomic E-state index is 12.3. The highest BCUT2D eigenvalue weighted by atomic mass is 32.1. The van der Waals surface area contributed by atoms with Gasteiger partial charge in [0.1, 0.15) is 0 Å². The van der Waals surface area contributed by atoms with Gasteiger partial charge >= 0.3 is 0 Å². The van der Waals surface area contributed by atoms with Crippen LogP contribution in [0.4, 0.5) is 5.13 Å². The van der Waals surface area contributed by atoms with E-state index in [-0.39, 0.29) is 5.91 Å². The van der Waals surface area contributed by atoms with Crippen LogP contribution in [0.15, 0.2) is 17.6 Å². The smallest absolute Gasteiger partial charge is 0.277 e. The van der Waals surface area contributed by atoms with Crippen LogP contribution >= 0.6 is 22.7 Å². The average Bonchev–Trinajstić information content (AvgIpc) is 3.25. The van der Waals surface area contributed by atoms with Crippen molar-refractivity contribution >= 4 is 33.7 Å². The Balaban J connectivity index is 1.69. The molecule has 3 heterocycles. The maximum Gasteiger partial charge on any atom is 0.277 e. The number of anilines is 1. The number of amides is 1. The van der Waals surface area contributed by atoms with Crippen LogP contribution in [0.3, 0.4) is 0 Å². The Bertz CT molecular complexity index is 852. The van der Waals surface area contributed by atoms with Gasteiger partial charge in [-0.3, -0.25) is 14.8 Å². The molecule has 0 unspecified atom stereocenters. The molecule has 0 aliphatic carbocycles. The Morgan fingerprint density at radius 2 is 2.21 bits per heavy atom. The number of carbonyl (C=O) groups is 1. The van der Waals surface area contributed by atoms with Gasteiger partial charge in [-0.25, -0.2) is 9.97 Å². The van der Waals surface area contributed by atoms with Crippen LogP contribution in [0.25, 0.3) is 10.6 Å². The number of hydrogen-bond acceptors (Lipinski definition) is 7. The third-order valence-electron chi connectivity index (χ3n) is 3.26. The Labute approximate surface area is 147 Å². The third kappa shape index (κ3) is 3.69. The fraction of sp³-hybridized carbons (Fsp3) is 0.333. The minimum Gasteiger partial charge on any atom is -0.383 e. The summed E-state index contributed by atoms with van der Waals surface area (Å²) in [5.74, 6) is -0.274. The molecule has 1 amide bonds. The Hall–Kier alpha value is -2.10. The third-order valence-corrected chi connectivity index (χ3v) is 5.11. The van der Waals surface area contributed by atoms with E-state index in [2.05, 4.69) is 20.4 Å². The second-order valence-corrected chi connectivity index (χ2v) is 7.16. The summed E-state index contributed by atoms with van der Waals surface area (Å²) in [6, 6.07) is 1.68. The molecule has 0 aliphatic rings. The lowest BCUT2D eigenvalue weighted by molar-refractivity contribution is 0.102. The molecular formula is C15H17N5O2S2. The molecule has 3 rings (SSSR count). The van der Waals surface area contributed by atoms with Gasteiger partial charge in [0.15, 0.2) is 10.8 Å². The van der Waals surface area contributed by atoms with Gasteiger partial charge in [0.2, 0.25) is 0 Å². The number of aromatic nitrogens is 4. The lowest BCUT2D eigenvalue weighted by Gasteiger charge is -2.00. The molecule has 0 bridgehead atoms. The molecule has 0 aliphatic heterocycles. The molecule has 3 aromatic rings. The van der Waals surface area contributed by atoms with Crippen molar-refractivity contribution in [3.05, 3.63) is 34.0 Å². The molecule has 0 atom stereocenters. The lowest BCUT2D eigenvalue weighted by Crippen LogP contribution is -2.14. The van der Waals surface area contributed by atoms with Crippen molar-refractivity contribution in [3.63, 3.8) is 0 Å². The first-order valence-corrected chi connectivity index (χ1v) is 9.00. The Kier molecular flexibility index (Phi) is 5.03. The quantitative estimate of drug-likeness (QED) is 0.728. The summed E-state index contributed by atoms with van der Waals surface area (Å²) in [6.07, 6.45) is 1.75. The zero-order valence-corrected chi connectivity index (χ0v) is 15.2. The molecule has 0 aromatic carbocycles. The summed E-state index contributed by atoms with van der Waals surface area (Å²) >= 11 is 2.99. The standard InChI is InChI=1S/C15H17N5O2S2/c1-9-13(24-10(2)16-9)12-8-23-15(17-12)18-14(21)11-4-5-20(19-11)6-7-22-3/h4-5,8H,6-7H2,1-3H3,(H,17,18,21). The number of hydrogen-bond donors (Lipinski definition) is 1. The highest BCUT2D eigenvalue weighted by Crippen LogP contribution is 2.32. The largest absolute Gasteiger partial charge is 0.383 e. The van der Waals surface area contributed by atoms with Gasteiger partial charge < -0.3 is 4.74 Å². The van der Waals surface area contributed by atoms with Crippen molar-refractivity contribution in [2.75, 3.05) is 19.0 Å². The van der Waals surface area contributed by atoms with Gasteiger partial charge in [-0.1, -0.05) is 0 Å². The number of carbonyl (C=O) groups excluding carboxylic acids is 1. The molecular weight excluding hydrogens is 346 g/mol. The minimum atomic E-state index is -0.274. The van der Waals surface area contributed by atoms with Crippen LogP contribution in [-0.2, 0) is 11.3 Å². The van der Waals surface area contributed by atoms with Crippen LogP contribution in [-0.4, -0.2) is 39.4 Å². The fourth-order valence-corrected chi connectivity index (χ4v) is 3.81. The topological polar surface area (TPSA) is 81.9 Å². The molecule has 7 nitrogen and oxygen atoms in total. The molecule has 0 spiro atoms. The molecule has 24 heavy (non-hydrogen) atoms. The van der Waals surface area contributed by atoms with Crippen molar-refractivity contribution < 1.29 is 9.53 Å². The van der Waals surface area contributed by atoms with E-state index in [9.17, 15) is 4.79 Å². The summed E-state index contributed by atoms with van der Waals surface area (Å²) in [7, 11) is 1.63. The summed E-state index contributed by atoms with van der Waals surface area (Å²) in [5, 5.41) is 10.5. The predicted molar refractivity (Wildman–Crippen MR) is 94.8 cm³/mol. The predicted octanol–water partition coefficient (Wildman–Crippen LogP) is 2.98. The van der Waals surface area contributed by atoms with E-state index < -0.39 is 0 Å². The second kappa shape index (κ2) is 7.20. The van der Waals surface area contributed by atoms with Gasteiger partial charge in [-0.15, -0.1) is 22.7 Å². The monoisotopic (exact) mass is 363 g/mol. The van der Waals surface area contributed by atoms with Gasteiger partial charge in [0.25, 0.3) is 5.91 Å². The highest BCUT2D eigenvalue weighted by molar-refractivity contribution is 7.16. The number of aryl methyl sites for hydroxylation is 2. The summed E-state index contributed by atoms with van der Waals surface area (Å²) < 4.78 is 6.67. The van der Waals surface area contributed by atoms with Crippen molar-refractivity contribution in [1.82, 2.24) is 19.7 Å². The minimum absolute atomic E-state index is 0.274. The molecule has 9 heteroatoms. The maximum atomic E-state index is 12.3. The molecule has 1 N–H and O–H groups in total. The molecule has 0 saturated carbocycles. The van der Waals surface area contributed by atoms with Crippen molar-refractivity contribution in [1.29, 1.82) is 0 Å². The van der Waals surface area contributed by atoms with Gasteiger partial charge in [0.05, 0.1) is 34.4 Å². The first-order valence-electron chi connectivity index (χ1n) is 7.30. The number of methoxy groups -OCH3 is 1. The van der Waals surface area contributed by atoms with Crippen LogP contribution in [0, 0.1) is 13.8 Å². The average molecular weight is 363 g/mol. The van der Waals surface area contributed by atoms with Crippen molar-refractivity contribution in [2.24, 2.45) is 0 Å². The zero-order chi connectivity index (χ0) is 17.1.